The Labute approximate surface area is 147 Å². The lowest BCUT2D eigenvalue weighted by molar-refractivity contribution is 0.112. The van der Waals surface area contributed by atoms with Gasteiger partial charge in [0.15, 0.2) is 0 Å². The minimum absolute atomic E-state index is 0.155. The summed E-state index contributed by atoms with van der Waals surface area (Å²) in [5.74, 6) is 0. The minimum Gasteiger partial charge on any atom is -0.325 e. The van der Waals surface area contributed by atoms with E-state index in [1.54, 1.807) is 0 Å². The van der Waals surface area contributed by atoms with Crippen LogP contribution in [0.2, 0.25) is 5.02 Å². The third-order valence-corrected chi connectivity index (χ3v) is 4.75. The van der Waals surface area contributed by atoms with Crippen molar-refractivity contribution in [2.75, 3.05) is 39.3 Å². The van der Waals surface area contributed by atoms with Gasteiger partial charge in [0.25, 0.3) is 0 Å². The summed E-state index contributed by atoms with van der Waals surface area (Å²) in [6, 6.07) is 3.93. The SMILES string of the molecule is CCN(CC)C(=O)N1CCN(Cc2cn3cc(Cl)ccc3n2)CC1. The molecule has 2 amide bonds. The number of amides is 2. The monoisotopic (exact) mass is 349 g/mol. The van der Waals surface area contributed by atoms with Crippen LogP contribution in [-0.2, 0) is 6.54 Å². The number of urea groups is 1. The van der Waals surface area contributed by atoms with E-state index in [4.69, 9.17) is 11.6 Å². The Balaban J connectivity index is 1.57. The molecule has 2 aromatic rings. The van der Waals surface area contributed by atoms with Crippen LogP contribution < -0.4 is 0 Å². The van der Waals surface area contributed by atoms with E-state index in [2.05, 4.69) is 9.88 Å². The first-order valence-electron chi connectivity index (χ1n) is 8.50. The van der Waals surface area contributed by atoms with Crippen molar-refractivity contribution < 1.29 is 4.79 Å². The van der Waals surface area contributed by atoms with Gasteiger partial charge in [-0.3, -0.25) is 4.90 Å². The molecule has 3 heterocycles. The Morgan fingerprint density at radius 3 is 2.54 bits per heavy atom. The van der Waals surface area contributed by atoms with Gasteiger partial charge in [-0.1, -0.05) is 11.6 Å². The van der Waals surface area contributed by atoms with E-state index in [-0.39, 0.29) is 6.03 Å². The molecule has 0 atom stereocenters. The topological polar surface area (TPSA) is 44.1 Å². The van der Waals surface area contributed by atoms with E-state index in [9.17, 15) is 4.79 Å². The summed E-state index contributed by atoms with van der Waals surface area (Å²) in [6.45, 7) is 9.66. The van der Waals surface area contributed by atoms with Crippen LogP contribution in [0.4, 0.5) is 4.79 Å². The number of rotatable bonds is 4. The molecule has 0 bridgehead atoms. The number of pyridine rings is 1. The molecule has 6 nitrogen and oxygen atoms in total. The van der Waals surface area contributed by atoms with Crippen molar-refractivity contribution in [1.82, 2.24) is 24.1 Å². The lowest BCUT2D eigenvalue weighted by Crippen LogP contribution is -2.52. The van der Waals surface area contributed by atoms with E-state index >= 15 is 0 Å². The van der Waals surface area contributed by atoms with Gasteiger partial charge in [0.2, 0.25) is 0 Å². The van der Waals surface area contributed by atoms with Gasteiger partial charge in [0, 0.05) is 58.2 Å². The van der Waals surface area contributed by atoms with Gasteiger partial charge in [-0.15, -0.1) is 0 Å². The molecule has 0 unspecified atom stereocenters. The third-order valence-electron chi connectivity index (χ3n) is 4.53. The zero-order chi connectivity index (χ0) is 17.1. The summed E-state index contributed by atoms with van der Waals surface area (Å²) < 4.78 is 1.96. The summed E-state index contributed by atoms with van der Waals surface area (Å²) in [4.78, 5) is 23.2. The number of piperazine rings is 1. The van der Waals surface area contributed by atoms with Gasteiger partial charge in [-0.2, -0.15) is 0 Å². The van der Waals surface area contributed by atoms with Gasteiger partial charge in [0.1, 0.15) is 5.65 Å². The van der Waals surface area contributed by atoms with Crippen LogP contribution in [0.3, 0.4) is 0 Å². The molecule has 0 saturated carbocycles. The van der Waals surface area contributed by atoms with E-state index in [1.165, 1.54) is 0 Å². The van der Waals surface area contributed by atoms with Crippen molar-refractivity contribution in [3.05, 3.63) is 35.2 Å². The molecule has 0 aromatic carbocycles. The molecule has 1 saturated heterocycles. The Morgan fingerprint density at radius 1 is 1.17 bits per heavy atom. The Hall–Kier alpha value is -1.79. The van der Waals surface area contributed by atoms with Crippen molar-refractivity contribution >= 4 is 23.3 Å². The van der Waals surface area contributed by atoms with Crippen molar-refractivity contribution in [1.29, 1.82) is 0 Å². The second-order valence-corrected chi connectivity index (χ2v) is 6.50. The zero-order valence-corrected chi connectivity index (χ0v) is 15.0. The summed E-state index contributed by atoms with van der Waals surface area (Å²) in [5, 5.41) is 0.704. The number of carbonyl (C=O) groups excluding carboxylic acids is 1. The predicted octanol–water partition coefficient (Wildman–Crippen LogP) is 2.57. The molecule has 24 heavy (non-hydrogen) atoms. The Morgan fingerprint density at radius 2 is 1.88 bits per heavy atom. The standard InChI is InChI=1S/C17H24ClN5O/c1-3-21(4-2)17(24)22-9-7-20(8-10-22)12-15-13-23-11-14(18)5-6-16(23)19-15/h5-6,11,13H,3-4,7-10,12H2,1-2H3. The van der Waals surface area contributed by atoms with E-state index in [0.29, 0.717) is 5.02 Å². The summed E-state index contributed by atoms with van der Waals surface area (Å²) in [6.07, 6.45) is 3.89. The Bertz CT molecular complexity index is 704. The first-order valence-corrected chi connectivity index (χ1v) is 8.87. The molecular weight excluding hydrogens is 326 g/mol. The Kier molecular flexibility index (Phi) is 5.26. The van der Waals surface area contributed by atoms with Gasteiger partial charge >= 0.3 is 6.03 Å². The highest BCUT2D eigenvalue weighted by Crippen LogP contribution is 2.14. The molecule has 0 N–H and O–H groups in total. The van der Waals surface area contributed by atoms with Crippen LogP contribution in [0.25, 0.3) is 5.65 Å². The number of fused-ring (bicyclic) bond motifs is 1. The van der Waals surface area contributed by atoms with Crippen LogP contribution in [-0.4, -0.2) is 69.4 Å². The highest BCUT2D eigenvalue weighted by atomic mass is 35.5. The molecule has 0 radical (unpaired) electrons. The number of imidazole rings is 1. The maximum absolute atomic E-state index is 12.4. The maximum Gasteiger partial charge on any atom is 0.320 e. The average molecular weight is 350 g/mol. The molecule has 1 fully saturated rings. The fourth-order valence-electron chi connectivity index (χ4n) is 3.11. The van der Waals surface area contributed by atoms with Crippen molar-refractivity contribution in [3.63, 3.8) is 0 Å². The zero-order valence-electron chi connectivity index (χ0n) is 14.3. The molecule has 130 valence electrons. The molecule has 3 rings (SSSR count). The van der Waals surface area contributed by atoms with Crippen LogP contribution in [0, 0.1) is 0 Å². The van der Waals surface area contributed by atoms with Crippen LogP contribution in [0.5, 0.6) is 0 Å². The summed E-state index contributed by atoms with van der Waals surface area (Å²) >= 11 is 6.01. The molecule has 0 spiro atoms. The molecule has 2 aromatic heterocycles. The molecule has 7 heteroatoms. The van der Waals surface area contributed by atoms with E-state index in [0.717, 1.165) is 57.2 Å². The number of carbonyl (C=O) groups is 1. The molecule has 0 aliphatic carbocycles. The smallest absolute Gasteiger partial charge is 0.320 e. The van der Waals surface area contributed by atoms with Crippen LogP contribution in [0.1, 0.15) is 19.5 Å². The highest BCUT2D eigenvalue weighted by Gasteiger charge is 2.24. The fraction of sp³-hybridized carbons (Fsp3) is 0.529. The maximum atomic E-state index is 12.4. The van der Waals surface area contributed by atoms with Crippen molar-refractivity contribution in [3.8, 4) is 0 Å². The quantitative estimate of drug-likeness (QED) is 0.852. The van der Waals surface area contributed by atoms with Crippen molar-refractivity contribution in [2.45, 2.75) is 20.4 Å². The minimum atomic E-state index is 0.155. The predicted molar refractivity (Wildman–Crippen MR) is 95.4 cm³/mol. The lowest BCUT2D eigenvalue weighted by Gasteiger charge is -2.36. The first kappa shape index (κ1) is 17.0. The van der Waals surface area contributed by atoms with E-state index in [1.807, 2.05) is 52.6 Å². The van der Waals surface area contributed by atoms with Gasteiger partial charge in [-0.05, 0) is 26.0 Å². The van der Waals surface area contributed by atoms with Crippen molar-refractivity contribution in [2.24, 2.45) is 0 Å². The molecule has 1 aliphatic heterocycles. The number of halogens is 1. The number of hydrogen-bond acceptors (Lipinski definition) is 3. The third kappa shape index (κ3) is 3.65. The van der Waals surface area contributed by atoms with Crippen LogP contribution >= 0.6 is 11.6 Å². The fourth-order valence-corrected chi connectivity index (χ4v) is 3.28. The number of aromatic nitrogens is 2. The van der Waals surface area contributed by atoms with Gasteiger partial charge in [0.05, 0.1) is 10.7 Å². The first-order chi connectivity index (χ1) is 11.6. The lowest BCUT2D eigenvalue weighted by atomic mass is 10.3. The highest BCUT2D eigenvalue weighted by molar-refractivity contribution is 6.30. The van der Waals surface area contributed by atoms with Gasteiger partial charge < -0.3 is 14.2 Å². The number of hydrogen-bond donors (Lipinski definition) is 0. The molecular formula is C17H24ClN5O. The average Bonchev–Trinajstić information content (AvgIpc) is 2.97. The summed E-state index contributed by atoms with van der Waals surface area (Å²) in [7, 11) is 0. The molecule has 1 aliphatic rings. The van der Waals surface area contributed by atoms with Crippen LogP contribution in [0.15, 0.2) is 24.5 Å². The normalized spacial score (nSPS) is 15.9. The second-order valence-electron chi connectivity index (χ2n) is 6.06. The second kappa shape index (κ2) is 7.40. The van der Waals surface area contributed by atoms with Gasteiger partial charge in [-0.25, -0.2) is 9.78 Å². The summed E-state index contributed by atoms with van der Waals surface area (Å²) in [5.41, 5.74) is 1.94. The number of nitrogens with zero attached hydrogens (tertiary/aromatic N) is 5. The largest absolute Gasteiger partial charge is 0.325 e. The van der Waals surface area contributed by atoms with E-state index < -0.39 is 0 Å².